The molecule has 0 fully saturated rings. The van der Waals surface area contributed by atoms with Gasteiger partial charge < -0.3 is 14.5 Å². The number of benzene rings is 3. The average Bonchev–Trinajstić information content (AvgIpc) is 3.28. The highest BCUT2D eigenvalue weighted by molar-refractivity contribution is 7.98. The Labute approximate surface area is 184 Å². The zero-order valence-electron chi connectivity index (χ0n) is 17.2. The van der Waals surface area contributed by atoms with Gasteiger partial charge in [0.15, 0.2) is 0 Å². The van der Waals surface area contributed by atoms with E-state index in [0.717, 1.165) is 16.9 Å². The number of nitrogens with zero attached hydrogens (tertiary/aromatic N) is 2. The molecular formula is C24H21N3O3S. The number of ether oxygens (including phenoxy) is 1. The van der Waals surface area contributed by atoms with Crippen molar-refractivity contribution in [3.8, 4) is 17.2 Å². The molecule has 0 aliphatic heterocycles. The number of carbonyl (C=O) groups excluding carboxylic acids is 1. The summed E-state index contributed by atoms with van der Waals surface area (Å²) in [6, 6.07) is 22.6. The summed E-state index contributed by atoms with van der Waals surface area (Å²) in [6.45, 7) is 2.03. The largest absolute Gasteiger partial charge is 0.497 e. The first-order valence-electron chi connectivity index (χ1n) is 9.68. The molecule has 1 aromatic heterocycles. The number of thioether (sulfide) groups is 1. The number of anilines is 1. The molecule has 4 aromatic rings. The highest BCUT2D eigenvalue weighted by atomic mass is 32.2. The van der Waals surface area contributed by atoms with Gasteiger partial charge in [-0.1, -0.05) is 41.6 Å². The lowest BCUT2D eigenvalue weighted by molar-refractivity contribution is 0.102. The quantitative estimate of drug-likeness (QED) is 0.384. The summed E-state index contributed by atoms with van der Waals surface area (Å²) in [5.74, 6) is 1.75. The lowest BCUT2D eigenvalue weighted by Crippen LogP contribution is -2.11. The van der Waals surface area contributed by atoms with Crippen LogP contribution in [-0.4, -0.2) is 23.2 Å². The van der Waals surface area contributed by atoms with Gasteiger partial charge in [0.1, 0.15) is 5.75 Å². The van der Waals surface area contributed by atoms with E-state index in [1.807, 2.05) is 43.3 Å². The molecule has 0 saturated carbocycles. The molecule has 6 nitrogen and oxygen atoms in total. The summed E-state index contributed by atoms with van der Waals surface area (Å²) >= 11 is 1.46. The SMILES string of the molecule is COc1ccc(NC(=O)c2ccc(CSc3nnc(-c4ccc(C)cc4)o3)cc2)cc1. The summed E-state index contributed by atoms with van der Waals surface area (Å²) < 4.78 is 10.9. The van der Waals surface area contributed by atoms with Crippen LogP contribution in [0.5, 0.6) is 5.75 Å². The van der Waals surface area contributed by atoms with Gasteiger partial charge in [-0.25, -0.2) is 0 Å². The first-order valence-corrected chi connectivity index (χ1v) is 10.7. The van der Waals surface area contributed by atoms with Crippen LogP contribution < -0.4 is 10.1 Å². The predicted octanol–water partition coefficient (Wildman–Crippen LogP) is 5.60. The fourth-order valence-corrected chi connectivity index (χ4v) is 3.57. The molecule has 156 valence electrons. The van der Waals surface area contributed by atoms with Crippen molar-refractivity contribution in [2.24, 2.45) is 0 Å². The fourth-order valence-electron chi connectivity index (χ4n) is 2.86. The third-order valence-corrected chi connectivity index (χ3v) is 5.52. The number of hydrogen-bond acceptors (Lipinski definition) is 6. The molecule has 31 heavy (non-hydrogen) atoms. The Morgan fingerprint density at radius 1 is 0.968 bits per heavy atom. The van der Waals surface area contributed by atoms with Gasteiger partial charge in [0.2, 0.25) is 5.89 Å². The van der Waals surface area contributed by atoms with Gasteiger partial charge in [-0.05, 0) is 61.0 Å². The van der Waals surface area contributed by atoms with Crippen molar-refractivity contribution in [1.29, 1.82) is 0 Å². The molecule has 1 N–H and O–H groups in total. The molecule has 0 atom stereocenters. The maximum atomic E-state index is 12.4. The van der Waals surface area contributed by atoms with Crippen LogP contribution in [0.2, 0.25) is 0 Å². The van der Waals surface area contributed by atoms with Crippen molar-refractivity contribution in [2.75, 3.05) is 12.4 Å². The van der Waals surface area contributed by atoms with Gasteiger partial charge in [0, 0.05) is 22.6 Å². The number of rotatable bonds is 7. The number of carbonyl (C=O) groups is 1. The van der Waals surface area contributed by atoms with Crippen LogP contribution in [0.25, 0.3) is 11.5 Å². The summed E-state index contributed by atoms with van der Waals surface area (Å²) in [5.41, 5.74) is 4.44. The van der Waals surface area contributed by atoms with Crippen LogP contribution in [0.1, 0.15) is 21.5 Å². The van der Waals surface area contributed by atoms with Gasteiger partial charge in [0.25, 0.3) is 11.1 Å². The van der Waals surface area contributed by atoms with Crippen LogP contribution in [0.3, 0.4) is 0 Å². The van der Waals surface area contributed by atoms with E-state index in [-0.39, 0.29) is 5.91 Å². The van der Waals surface area contributed by atoms with Gasteiger partial charge in [-0.15, -0.1) is 10.2 Å². The maximum absolute atomic E-state index is 12.4. The molecule has 3 aromatic carbocycles. The van der Waals surface area contributed by atoms with Gasteiger partial charge >= 0.3 is 0 Å². The highest BCUT2D eigenvalue weighted by Crippen LogP contribution is 2.26. The molecule has 0 aliphatic carbocycles. The molecule has 0 radical (unpaired) electrons. The Kier molecular flexibility index (Phi) is 6.33. The highest BCUT2D eigenvalue weighted by Gasteiger charge is 2.10. The van der Waals surface area contributed by atoms with Crippen molar-refractivity contribution in [1.82, 2.24) is 10.2 Å². The Balaban J connectivity index is 1.33. The molecule has 4 rings (SSSR count). The second-order valence-electron chi connectivity index (χ2n) is 6.91. The van der Waals surface area contributed by atoms with Crippen molar-refractivity contribution in [3.05, 3.63) is 89.5 Å². The summed E-state index contributed by atoms with van der Waals surface area (Å²) in [4.78, 5) is 12.4. The first-order chi connectivity index (χ1) is 15.1. The lowest BCUT2D eigenvalue weighted by Gasteiger charge is -2.07. The van der Waals surface area contributed by atoms with Crippen LogP contribution in [0, 0.1) is 6.92 Å². The van der Waals surface area contributed by atoms with Gasteiger partial charge in [-0.3, -0.25) is 4.79 Å². The van der Waals surface area contributed by atoms with E-state index >= 15 is 0 Å². The van der Waals surface area contributed by atoms with Crippen LogP contribution in [0.15, 0.2) is 82.4 Å². The zero-order chi connectivity index (χ0) is 21.6. The average molecular weight is 432 g/mol. The number of hydrogen-bond donors (Lipinski definition) is 1. The van der Waals surface area contributed by atoms with Crippen molar-refractivity contribution in [3.63, 3.8) is 0 Å². The molecule has 1 amide bonds. The number of aromatic nitrogens is 2. The molecular weight excluding hydrogens is 410 g/mol. The number of nitrogens with one attached hydrogen (secondary N) is 1. The van der Waals surface area contributed by atoms with E-state index in [2.05, 4.69) is 15.5 Å². The van der Waals surface area contributed by atoms with Crippen molar-refractivity contribution in [2.45, 2.75) is 17.9 Å². The fraction of sp³-hybridized carbons (Fsp3) is 0.125. The molecule has 0 unspecified atom stereocenters. The van der Waals surface area contributed by atoms with Crippen LogP contribution in [-0.2, 0) is 5.75 Å². The Morgan fingerprint density at radius 2 is 1.68 bits per heavy atom. The number of amides is 1. The summed E-state index contributed by atoms with van der Waals surface area (Å²) in [6.07, 6.45) is 0. The molecule has 7 heteroatoms. The Morgan fingerprint density at radius 3 is 2.35 bits per heavy atom. The van der Waals surface area contributed by atoms with Crippen LogP contribution >= 0.6 is 11.8 Å². The zero-order valence-corrected chi connectivity index (χ0v) is 18.0. The van der Waals surface area contributed by atoms with Crippen molar-refractivity contribution >= 4 is 23.4 Å². The minimum atomic E-state index is -0.163. The third kappa shape index (κ3) is 5.32. The van der Waals surface area contributed by atoms with E-state index in [1.54, 1.807) is 43.5 Å². The van der Waals surface area contributed by atoms with E-state index in [4.69, 9.17) is 9.15 Å². The Hall–Kier alpha value is -3.58. The number of methoxy groups -OCH3 is 1. The topological polar surface area (TPSA) is 77.2 Å². The summed E-state index contributed by atoms with van der Waals surface area (Å²) in [7, 11) is 1.61. The monoisotopic (exact) mass is 431 g/mol. The van der Waals surface area contributed by atoms with Crippen LogP contribution in [0.4, 0.5) is 5.69 Å². The maximum Gasteiger partial charge on any atom is 0.277 e. The summed E-state index contributed by atoms with van der Waals surface area (Å²) in [5, 5.41) is 11.6. The van der Waals surface area contributed by atoms with Gasteiger partial charge in [-0.2, -0.15) is 0 Å². The Bertz CT molecular complexity index is 1150. The minimum absolute atomic E-state index is 0.163. The standard InChI is InChI=1S/C24H21N3O3S/c1-16-3-7-19(8-4-16)23-26-27-24(30-23)31-15-17-5-9-18(10-6-17)22(28)25-20-11-13-21(29-2)14-12-20/h3-14H,15H2,1-2H3,(H,25,28). The lowest BCUT2D eigenvalue weighted by atomic mass is 10.1. The van der Waals surface area contributed by atoms with E-state index in [1.165, 1.54) is 17.3 Å². The first kappa shape index (κ1) is 20.7. The molecule has 0 saturated heterocycles. The van der Waals surface area contributed by atoms with E-state index in [0.29, 0.717) is 28.1 Å². The van der Waals surface area contributed by atoms with E-state index < -0.39 is 0 Å². The number of aryl methyl sites for hydroxylation is 1. The molecule has 0 aliphatic rings. The van der Waals surface area contributed by atoms with Crippen molar-refractivity contribution < 1.29 is 13.9 Å². The molecule has 1 heterocycles. The molecule has 0 bridgehead atoms. The predicted molar refractivity (Wildman–Crippen MR) is 121 cm³/mol. The minimum Gasteiger partial charge on any atom is -0.497 e. The normalized spacial score (nSPS) is 10.6. The third-order valence-electron chi connectivity index (χ3n) is 4.63. The van der Waals surface area contributed by atoms with E-state index in [9.17, 15) is 4.79 Å². The smallest absolute Gasteiger partial charge is 0.277 e. The molecule has 0 spiro atoms. The second kappa shape index (κ2) is 9.49. The second-order valence-corrected chi connectivity index (χ2v) is 7.83. The van der Waals surface area contributed by atoms with Gasteiger partial charge in [0.05, 0.1) is 7.11 Å².